The number of aryl methyl sites for hydroxylation is 2. The van der Waals surface area contributed by atoms with E-state index in [1.165, 1.54) is 0 Å². The minimum absolute atomic E-state index is 0.0823. The lowest BCUT2D eigenvalue weighted by Crippen LogP contribution is -2.11. The Kier molecular flexibility index (Phi) is 4.10. The van der Waals surface area contributed by atoms with Crippen LogP contribution < -0.4 is 5.73 Å². The SMILES string of the molecule is COCCCC(N)c1cn(C)nc1C. The van der Waals surface area contributed by atoms with Gasteiger partial charge in [-0.15, -0.1) is 0 Å². The zero-order valence-corrected chi connectivity index (χ0v) is 9.16. The van der Waals surface area contributed by atoms with Crippen LogP contribution in [0.3, 0.4) is 0 Å². The third-order valence-corrected chi connectivity index (χ3v) is 2.31. The Morgan fingerprint density at radius 1 is 1.64 bits per heavy atom. The third kappa shape index (κ3) is 2.82. The second-order valence-electron chi connectivity index (χ2n) is 3.59. The molecular formula is C10H19N3O. The van der Waals surface area contributed by atoms with Gasteiger partial charge in [0.1, 0.15) is 0 Å². The molecule has 14 heavy (non-hydrogen) atoms. The number of ether oxygens (including phenoxy) is 1. The average molecular weight is 197 g/mol. The molecule has 1 unspecified atom stereocenters. The molecule has 1 aromatic heterocycles. The number of aromatic nitrogens is 2. The first-order valence-corrected chi connectivity index (χ1v) is 4.89. The summed E-state index contributed by atoms with van der Waals surface area (Å²) >= 11 is 0. The Morgan fingerprint density at radius 3 is 2.86 bits per heavy atom. The van der Waals surface area contributed by atoms with Gasteiger partial charge in [-0.2, -0.15) is 5.10 Å². The second kappa shape index (κ2) is 5.12. The average Bonchev–Trinajstić information content (AvgIpc) is 2.45. The van der Waals surface area contributed by atoms with E-state index in [2.05, 4.69) is 5.10 Å². The first-order valence-electron chi connectivity index (χ1n) is 4.89. The van der Waals surface area contributed by atoms with Gasteiger partial charge in [0.05, 0.1) is 5.69 Å². The largest absolute Gasteiger partial charge is 0.385 e. The van der Waals surface area contributed by atoms with Crippen molar-refractivity contribution in [2.45, 2.75) is 25.8 Å². The van der Waals surface area contributed by atoms with Gasteiger partial charge in [0.25, 0.3) is 0 Å². The van der Waals surface area contributed by atoms with Gasteiger partial charge in [-0.25, -0.2) is 0 Å². The molecule has 1 aromatic rings. The summed E-state index contributed by atoms with van der Waals surface area (Å²) in [6, 6.07) is 0.0823. The van der Waals surface area contributed by atoms with Crippen LogP contribution in [-0.4, -0.2) is 23.5 Å². The molecule has 0 bridgehead atoms. The van der Waals surface area contributed by atoms with Crippen molar-refractivity contribution < 1.29 is 4.74 Å². The maximum absolute atomic E-state index is 6.04. The van der Waals surface area contributed by atoms with Gasteiger partial charge in [-0.05, 0) is 19.8 Å². The molecule has 0 amide bonds. The van der Waals surface area contributed by atoms with Gasteiger partial charge in [0.2, 0.25) is 0 Å². The molecule has 0 saturated heterocycles. The van der Waals surface area contributed by atoms with Crippen molar-refractivity contribution in [3.63, 3.8) is 0 Å². The van der Waals surface area contributed by atoms with Gasteiger partial charge >= 0.3 is 0 Å². The molecule has 2 N–H and O–H groups in total. The van der Waals surface area contributed by atoms with Gasteiger partial charge in [0, 0.05) is 38.6 Å². The molecule has 1 heterocycles. The Labute approximate surface area is 85.0 Å². The summed E-state index contributed by atoms with van der Waals surface area (Å²) in [5.41, 5.74) is 8.21. The molecule has 0 saturated carbocycles. The molecule has 0 aliphatic heterocycles. The summed E-state index contributed by atoms with van der Waals surface area (Å²) in [5, 5.41) is 4.27. The maximum Gasteiger partial charge on any atom is 0.0641 e. The van der Waals surface area contributed by atoms with Crippen molar-refractivity contribution in [3.05, 3.63) is 17.5 Å². The molecule has 80 valence electrons. The normalized spacial score (nSPS) is 13.1. The van der Waals surface area contributed by atoms with Crippen LogP contribution in [0.2, 0.25) is 0 Å². The van der Waals surface area contributed by atoms with E-state index in [-0.39, 0.29) is 6.04 Å². The fourth-order valence-corrected chi connectivity index (χ4v) is 1.59. The van der Waals surface area contributed by atoms with E-state index in [1.807, 2.05) is 20.2 Å². The highest BCUT2D eigenvalue weighted by Crippen LogP contribution is 2.18. The maximum atomic E-state index is 6.04. The highest BCUT2D eigenvalue weighted by molar-refractivity contribution is 5.19. The molecule has 4 nitrogen and oxygen atoms in total. The van der Waals surface area contributed by atoms with E-state index in [0.29, 0.717) is 0 Å². The van der Waals surface area contributed by atoms with Crippen LogP contribution in [0.5, 0.6) is 0 Å². The summed E-state index contributed by atoms with van der Waals surface area (Å²) in [5.74, 6) is 0. The standard InChI is InChI=1S/C10H19N3O/c1-8-9(7-13(2)12-8)10(11)5-4-6-14-3/h7,10H,4-6,11H2,1-3H3. The molecule has 0 aliphatic carbocycles. The number of hydrogen-bond acceptors (Lipinski definition) is 3. The smallest absolute Gasteiger partial charge is 0.0641 e. The van der Waals surface area contributed by atoms with Crippen LogP contribution in [-0.2, 0) is 11.8 Å². The molecule has 4 heteroatoms. The van der Waals surface area contributed by atoms with E-state index in [4.69, 9.17) is 10.5 Å². The lowest BCUT2D eigenvalue weighted by molar-refractivity contribution is 0.190. The number of hydrogen-bond donors (Lipinski definition) is 1. The van der Waals surface area contributed by atoms with E-state index < -0.39 is 0 Å². The number of nitrogens with zero attached hydrogens (tertiary/aromatic N) is 2. The van der Waals surface area contributed by atoms with Crippen LogP contribution in [0.25, 0.3) is 0 Å². The predicted molar refractivity (Wildman–Crippen MR) is 56.0 cm³/mol. The highest BCUT2D eigenvalue weighted by Gasteiger charge is 2.11. The van der Waals surface area contributed by atoms with E-state index in [1.54, 1.807) is 11.8 Å². The Bertz CT molecular complexity index is 283. The van der Waals surface area contributed by atoms with Crippen molar-refractivity contribution in [2.75, 3.05) is 13.7 Å². The second-order valence-corrected chi connectivity index (χ2v) is 3.59. The minimum Gasteiger partial charge on any atom is -0.385 e. The van der Waals surface area contributed by atoms with Crippen molar-refractivity contribution in [1.29, 1.82) is 0 Å². The van der Waals surface area contributed by atoms with Crippen LogP contribution in [0.15, 0.2) is 6.20 Å². The lowest BCUT2D eigenvalue weighted by Gasteiger charge is -2.09. The fourth-order valence-electron chi connectivity index (χ4n) is 1.59. The molecule has 0 radical (unpaired) electrons. The number of rotatable bonds is 5. The summed E-state index contributed by atoms with van der Waals surface area (Å²) in [7, 11) is 3.62. The molecule has 1 rings (SSSR count). The predicted octanol–water partition coefficient (Wildman–Crippen LogP) is 1.15. The summed E-state index contributed by atoms with van der Waals surface area (Å²) in [6.45, 7) is 2.76. The summed E-state index contributed by atoms with van der Waals surface area (Å²) in [4.78, 5) is 0. The molecular weight excluding hydrogens is 178 g/mol. The van der Waals surface area contributed by atoms with Crippen LogP contribution in [0.4, 0.5) is 0 Å². The van der Waals surface area contributed by atoms with Crippen molar-refractivity contribution in [2.24, 2.45) is 12.8 Å². The topological polar surface area (TPSA) is 53.1 Å². The number of methoxy groups -OCH3 is 1. The van der Waals surface area contributed by atoms with Crippen LogP contribution in [0.1, 0.15) is 30.1 Å². The zero-order chi connectivity index (χ0) is 10.6. The number of nitrogens with two attached hydrogens (primary N) is 1. The first kappa shape index (κ1) is 11.2. The van der Waals surface area contributed by atoms with Gasteiger partial charge in [-0.3, -0.25) is 4.68 Å². The van der Waals surface area contributed by atoms with Gasteiger partial charge in [-0.1, -0.05) is 0 Å². The molecule has 0 aliphatic rings. The van der Waals surface area contributed by atoms with Gasteiger partial charge in [0.15, 0.2) is 0 Å². The summed E-state index contributed by atoms with van der Waals surface area (Å²) < 4.78 is 6.79. The fraction of sp³-hybridized carbons (Fsp3) is 0.700. The van der Waals surface area contributed by atoms with E-state index >= 15 is 0 Å². The van der Waals surface area contributed by atoms with Crippen molar-refractivity contribution in [3.8, 4) is 0 Å². The van der Waals surface area contributed by atoms with Crippen LogP contribution >= 0.6 is 0 Å². The molecule has 0 fully saturated rings. The molecule has 1 atom stereocenters. The monoisotopic (exact) mass is 197 g/mol. The van der Waals surface area contributed by atoms with Crippen molar-refractivity contribution in [1.82, 2.24) is 9.78 Å². The minimum atomic E-state index is 0.0823. The third-order valence-electron chi connectivity index (χ3n) is 2.31. The Balaban J connectivity index is 2.51. The van der Waals surface area contributed by atoms with Crippen molar-refractivity contribution >= 4 is 0 Å². The highest BCUT2D eigenvalue weighted by atomic mass is 16.5. The summed E-state index contributed by atoms with van der Waals surface area (Å²) in [6.07, 6.45) is 3.93. The first-order chi connectivity index (χ1) is 6.65. The Morgan fingerprint density at radius 2 is 2.36 bits per heavy atom. The van der Waals surface area contributed by atoms with E-state index in [9.17, 15) is 0 Å². The molecule has 0 aromatic carbocycles. The zero-order valence-electron chi connectivity index (χ0n) is 9.16. The molecule has 0 spiro atoms. The Hall–Kier alpha value is -0.870. The van der Waals surface area contributed by atoms with Crippen LogP contribution in [0, 0.1) is 6.92 Å². The lowest BCUT2D eigenvalue weighted by atomic mass is 10.0. The quantitative estimate of drug-likeness (QED) is 0.720. The van der Waals surface area contributed by atoms with E-state index in [0.717, 1.165) is 30.7 Å². The van der Waals surface area contributed by atoms with Gasteiger partial charge < -0.3 is 10.5 Å².